The zero-order valence-electron chi connectivity index (χ0n) is 16.1. The van der Waals surface area contributed by atoms with E-state index >= 15 is 0 Å². The van der Waals surface area contributed by atoms with Crippen LogP contribution in [-0.2, 0) is 30.3 Å². The molecule has 1 N–H and O–H groups in total. The number of fused-ring (bicyclic) bond motifs is 1. The predicted molar refractivity (Wildman–Crippen MR) is 106 cm³/mol. The molecule has 0 spiro atoms. The van der Waals surface area contributed by atoms with Gasteiger partial charge in [0.1, 0.15) is 24.4 Å². The molecule has 2 saturated heterocycles. The molecule has 0 bridgehead atoms. The Balaban J connectivity index is 1.48. The lowest BCUT2D eigenvalue weighted by Gasteiger charge is -2.47. The van der Waals surface area contributed by atoms with Crippen molar-refractivity contribution < 1.29 is 28.8 Å². The molecule has 0 saturated carbocycles. The maximum Gasteiger partial charge on any atom is 0.187 e. The van der Waals surface area contributed by atoms with Gasteiger partial charge < -0.3 is 28.8 Å². The monoisotopic (exact) mass is 398 g/mol. The van der Waals surface area contributed by atoms with Crippen LogP contribution in [0.1, 0.15) is 17.4 Å². The molecule has 2 heterocycles. The molecule has 6 heteroatoms. The third-order valence-corrected chi connectivity index (χ3v) is 5.04. The van der Waals surface area contributed by atoms with Gasteiger partial charge in [-0.2, -0.15) is 0 Å². The van der Waals surface area contributed by atoms with Crippen molar-refractivity contribution in [2.24, 2.45) is 0 Å². The maximum absolute atomic E-state index is 11.1. The zero-order chi connectivity index (χ0) is 20.1. The molecular formula is C23H26O6. The first-order chi connectivity index (χ1) is 14.3. The van der Waals surface area contributed by atoms with Crippen molar-refractivity contribution in [1.82, 2.24) is 0 Å². The fraction of sp³-hybridized carbons (Fsp3) is 0.391. The van der Waals surface area contributed by atoms with Crippen molar-refractivity contribution in [2.45, 2.75) is 43.6 Å². The lowest BCUT2D eigenvalue weighted by molar-refractivity contribution is -0.365. The molecule has 29 heavy (non-hydrogen) atoms. The average Bonchev–Trinajstić information content (AvgIpc) is 2.78. The van der Waals surface area contributed by atoms with Crippen molar-refractivity contribution in [1.29, 1.82) is 0 Å². The Hall–Kier alpha value is -2.06. The lowest BCUT2D eigenvalue weighted by atomic mass is 9.97. The van der Waals surface area contributed by atoms with E-state index in [1.807, 2.05) is 60.7 Å². The van der Waals surface area contributed by atoms with Crippen LogP contribution in [0, 0.1) is 0 Å². The fourth-order valence-electron chi connectivity index (χ4n) is 3.59. The minimum Gasteiger partial charge on any atom is -0.387 e. The highest BCUT2D eigenvalue weighted by molar-refractivity contribution is 5.17. The molecule has 154 valence electrons. The maximum atomic E-state index is 11.1. The second-order valence-corrected chi connectivity index (χ2v) is 7.09. The van der Waals surface area contributed by atoms with Gasteiger partial charge in [-0.25, -0.2) is 0 Å². The molecule has 6 nitrogen and oxygen atoms in total. The Labute approximate surface area is 170 Å². The van der Waals surface area contributed by atoms with Crippen molar-refractivity contribution in [3.05, 3.63) is 84.4 Å². The Morgan fingerprint density at radius 2 is 1.72 bits per heavy atom. The van der Waals surface area contributed by atoms with Crippen molar-refractivity contribution in [2.75, 3.05) is 13.2 Å². The Bertz CT molecular complexity index is 767. The summed E-state index contributed by atoms with van der Waals surface area (Å²) < 4.78 is 29.7. The van der Waals surface area contributed by atoms with E-state index < -0.39 is 37.0 Å². The van der Waals surface area contributed by atoms with E-state index in [1.54, 1.807) is 6.08 Å². The Morgan fingerprint density at radius 1 is 1.00 bits per heavy atom. The van der Waals surface area contributed by atoms with Gasteiger partial charge in [0.05, 0.1) is 19.8 Å². The van der Waals surface area contributed by atoms with Gasteiger partial charge in [-0.3, -0.25) is 0 Å². The lowest BCUT2D eigenvalue weighted by Crippen LogP contribution is -2.62. The second kappa shape index (κ2) is 9.63. The summed E-state index contributed by atoms with van der Waals surface area (Å²) in [6.07, 6.45) is -2.33. The number of benzene rings is 2. The molecule has 2 fully saturated rings. The smallest absolute Gasteiger partial charge is 0.187 e. The van der Waals surface area contributed by atoms with Crippen LogP contribution in [0.15, 0.2) is 73.3 Å². The molecule has 1 unspecified atom stereocenters. The van der Waals surface area contributed by atoms with Crippen LogP contribution in [-0.4, -0.2) is 49.0 Å². The minimum absolute atomic E-state index is 0.286. The van der Waals surface area contributed by atoms with E-state index in [0.717, 1.165) is 11.1 Å². The van der Waals surface area contributed by atoms with Gasteiger partial charge in [-0.15, -0.1) is 6.58 Å². The molecule has 0 aliphatic carbocycles. The molecule has 6 atom stereocenters. The first-order valence-corrected chi connectivity index (χ1v) is 9.80. The van der Waals surface area contributed by atoms with Crippen LogP contribution in [0.25, 0.3) is 0 Å². The summed E-state index contributed by atoms with van der Waals surface area (Å²) >= 11 is 0. The summed E-state index contributed by atoms with van der Waals surface area (Å²) in [7, 11) is 0. The van der Waals surface area contributed by atoms with E-state index in [4.69, 9.17) is 23.7 Å². The third kappa shape index (κ3) is 4.75. The van der Waals surface area contributed by atoms with E-state index in [0.29, 0.717) is 13.2 Å². The van der Waals surface area contributed by atoms with E-state index in [-0.39, 0.29) is 6.61 Å². The van der Waals surface area contributed by atoms with Crippen LogP contribution in [0.3, 0.4) is 0 Å². The number of rotatable bonds is 7. The SMILES string of the molecule is C=CCO[C@@H]1O[C@@H]2COC(c3ccccc3)O[C@@H]2[C@H](O)[C@H]1OCc1ccccc1. The number of hydrogen-bond donors (Lipinski definition) is 1. The molecule has 2 aliphatic rings. The van der Waals surface area contributed by atoms with Gasteiger partial charge in [0.25, 0.3) is 0 Å². The van der Waals surface area contributed by atoms with Crippen LogP contribution in [0.2, 0.25) is 0 Å². The minimum atomic E-state index is -0.928. The molecule has 0 radical (unpaired) electrons. The van der Waals surface area contributed by atoms with Crippen molar-refractivity contribution >= 4 is 0 Å². The van der Waals surface area contributed by atoms with Crippen LogP contribution >= 0.6 is 0 Å². The van der Waals surface area contributed by atoms with Crippen LogP contribution < -0.4 is 0 Å². The highest BCUT2D eigenvalue weighted by Crippen LogP contribution is 2.35. The van der Waals surface area contributed by atoms with E-state index in [9.17, 15) is 5.11 Å². The molecule has 4 rings (SSSR count). The second-order valence-electron chi connectivity index (χ2n) is 7.09. The zero-order valence-corrected chi connectivity index (χ0v) is 16.1. The summed E-state index contributed by atoms with van der Waals surface area (Å²) in [5.41, 5.74) is 1.89. The summed E-state index contributed by atoms with van der Waals surface area (Å²) in [5.74, 6) is 0. The molecule has 0 aromatic heterocycles. The van der Waals surface area contributed by atoms with Gasteiger partial charge in [-0.1, -0.05) is 66.7 Å². The summed E-state index contributed by atoms with van der Waals surface area (Å²) in [4.78, 5) is 0. The van der Waals surface area contributed by atoms with Crippen molar-refractivity contribution in [3.63, 3.8) is 0 Å². The van der Waals surface area contributed by atoms with Crippen LogP contribution in [0.4, 0.5) is 0 Å². The number of aliphatic hydroxyl groups is 1. The fourth-order valence-corrected chi connectivity index (χ4v) is 3.59. The predicted octanol–water partition coefficient (Wildman–Crippen LogP) is 2.97. The first kappa shape index (κ1) is 20.2. The van der Waals surface area contributed by atoms with Crippen LogP contribution in [0.5, 0.6) is 0 Å². The highest BCUT2D eigenvalue weighted by Gasteiger charge is 2.50. The Morgan fingerprint density at radius 3 is 2.45 bits per heavy atom. The number of aliphatic hydroxyl groups excluding tert-OH is 1. The molecule has 2 aromatic rings. The normalized spacial score (nSPS) is 31.8. The van der Waals surface area contributed by atoms with Gasteiger partial charge in [-0.05, 0) is 5.56 Å². The molecular weight excluding hydrogens is 372 g/mol. The quantitative estimate of drug-likeness (QED) is 0.724. The largest absolute Gasteiger partial charge is 0.387 e. The van der Waals surface area contributed by atoms with Gasteiger partial charge in [0.2, 0.25) is 0 Å². The summed E-state index contributed by atoms with van der Waals surface area (Å²) in [5, 5.41) is 11.1. The first-order valence-electron chi connectivity index (χ1n) is 9.80. The summed E-state index contributed by atoms with van der Waals surface area (Å²) in [6, 6.07) is 19.4. The topological polar surface area (TPSA) is 66.4 Å². The van der Waals surface area contributed by atoms with Gasteiger partial charge >= 0.3 is 0 Å². The van der Waals surface area contributed by atoms with Gasteiger partial charge in [0, 0.05) is 5.56 Å². The molecule has 2 aliphatic heterocycles. The average molecular weight is 398 g/mol. The van der Waals surface area contributed by atoms with E-state index in [2.05, 4.69) is 6.58 Å². The number of ether oxygens (including phenoxy) is 5. The van der Waals surface area contributed by atoms with Crippen molar-refractivity contribution in [3.8, 4) is 0 Å². The molecule has 2 aromatic carbocycles. The highest BCUT2D eigenvalue weighted by atomic mass is 16.8. The third-order valence-electron chi connectivity index (χ3n) is 5.04. The number of hydrogen-bond acceptors (Lipinski definition) is 6. The Kier molecular flexibility index (Phi) is 6.71. The molecule has 0 amide bonds. The van der Waals surface area contributed by atoms with Gasteiger partial charge in [0.15, 0.2) is 12.6 Å². The standard InChI is InChI=1S/C23H26O6/c1-2-13-25-23-21(26-14-16-9-5-3-6-10-16)19(24)20-18(28-23)15-27-22(29-20)17-11-7-4-8-12-17/h2-12,18-24H,1,13-15H2/t18-,19+,20+,21-,22?,23-/m1/s1. The van der Waals surface area contributed by atoms with E-state index in [1.165, 1.54) is 0 Å². The summed E-state index contributed by atoms with van der Waals surface area (Å²) in [6.45, 7) is 4.58.